The van der Waals surface area contributed by atoms with Crippen molar-refractivity contribution >= 4 is 5.78 Å². The van der Waals surface area contributed by atoms with Crippen molar-refractivity contribution in [1.29, 1.82) is 0 Å². The second-order valence-electron chi connectivity index (χ2n) is 6.91. The summed E-state index contributed by atoms with van der Waals surface area (Å²) in [6.45, 7) is 6.58. The first-order valence-corrected chi connectivity index (χ1v) is 8.20. The molecule has 3 nitrogen and oxygen atoms in total. The molecule has 0 bridgehead atoms. The van der Waals surface area contributed by atoms with Crippen LogP contribution in [0.3, 0.4) is 0 Å². The van der Waals surface area contributed by atoms with Gasteiger partial charge in [0.15, 0.2) is 5.78 Å². The molecule has 0 amide bonds. The van der Waals surface area contributed by atoms with Crippen LogP contribution in [0, 0.1) is 0 Å². The number of rotatable bonds is 6. The van der Waals surface area contributed by atoms with Crippen molar-refractivity contribution < 1.29 is 14.3 Å². The Morgan fingerprint density at radius 1 is 0.917 bits per heavy atom. The standard InChI is InChI=1S/C21H26O3/c1-21(2,3)16-12-9-15(10-13-16)11-14-17(22)20-18(23-4)7-6-8-19(20)24-5/h6-10,12-13H,11,14H2,1-5H3. The molecule has 0 atom stereocenters. The van der Waals surface area contributed by atoms with Crippen LogP contribution in [0.15, 0.2) is 42.5 Å². The van der Waals surface area contributed by atoms with Crippen LogP contribution in [0.2, 0.25) is 0 Å². The quantitative estimate of drug-likeness (QED) is 0.714. The lowest BCUT2D eigenvalue weighted by Crippen LogP contribution is -2.11. The highest BCUT2D eigenvalue weighted by atomic mass is 16.5. The highest BCUT2D eigenvalue weighted by Gasteiger charge is 2.18. The second kappa shape index (κ2) is 7.52. The van der Waals surface area contributed by atoms with Gasteiger partial charge in [0, 0.05) is 6.42 Å². The number of Topliss-reactive ketones (excluding diaryl/α,β-unsaturated/α-hetero) is 1. The summed E-state index contributed by atoms with van der Waals surface area (Å²) < 4.78 is 10.6. The molecule has 0 radical (unpaired) electrons. The Kier molecular flexibility index (Phi) is 5.66. The van der Waals surface area contributed by atoms with Gasteiger partial charge in [0.25, 0.3) is 0 Å². The molecule has 0 aliphatic carbocycles. The SMILES string of the molecule is COc1cccc(OC)c1C(=O)CCc1ccc(C(C)(C)C)cc1. The van der Waals surface area contributed by atoms with E-state index in [1.54, 1.807) is 26.4 Å². The van der Waals surface area contributed by atoms with Gasteiger partial charge in [-0.2, -0.15) is 0 Å². The van der Waals surface area contributed by atoms with E-state index in [1.807, 2.05) is 6.07 Å². The van der Waals surface area contributed by atoms with Crippen LogP contribution in [0.1, 0.15) is 48.7 Å². The summed E-state index contributed by atoms with van der Waals surface area (Å²) >= 11 is 0. The first-order valence-electron chi connectivity index (χ1n) is 8.20. The van der Waals surface area contributed by atoms with E-state index in [1.165, 1.54) is 5.56 Å². The summed E-state index contributed by atoms with van der Waals surface area (Å²) in [5.74, 6) is 1.15. The highest BCUT2D eigenvalue weighted by molar-refractivity contribution is 6.01. The summed E-state index contributed by atoms with van der Waals surface area (Å²) in [6, 6.07) is 13.9. The van der Waals surface area contributed by atoms with Crippen LogP contribution in [-0.2, 0) is 11.8 Å². The molecule has 0 heterocycles. The first-order chi connectivity index (χ1) is 11.4. The van der Waals surface area contributed by atoms with Crippen molar-refractivity contribution in [3.63, 3.8) is 0 Å². The van der Waals surface area contributed by atoms with Crippen LogP contribution in [0.5, 0.6) is 11.5 Å². The van der Waals surface area contributed by atoms with Crippen LogP contribution in [0.25, 0.3) is 0 Å². The number of ether oxygens (including phenoxy) is 2. The average Bonchev–Trinajstić information content (AvgIpc) is 2.58. The molecule has 2 aromatic rings. The summed E-state index contributed by atoms with van der Waals surface area (Å²) in [4.78, 5) is 12.6. The van der Waals surface area contributed by atoms with Crippen molar-refractivity contribution in [2.45, 2.75) is 39.0 Å². The maximum Gasteiger partial charge on any atom is 0.170 e. The van der Waals surface area contributed by atoms with Crippen LogP contribution in [-0.4, -0.2) is 20.0 Å². The largest absolute Gasteiger partial charge is 0.496 e. The number of hydrogen-bond donors (Lipinski definition) is 0. The molecule has 24 heavy (non-hydrogen) atoms. The number of carbonyl (C=O) groups excluding carboxylic acids is 1. The van der Waals surface area contributed by atoms with E-state index in [0.717, 1.165) is 5.56 Å². The van der Waals surface area contributed by atoms with Gasteiger partial charge in [-0.3, -0.25) is 4.79 Å². The molecule has 2 aromatic carbocycles. The minimum atomic E-state index is 0.0317. The molecule has 0 unspecified atom stereocenters. The third-order valence-corrected chi connectivity index (χ3v) is 4.17. The van der Waals surface area contributed by atoms with E-state index in [2.05, 4.69) is 45.0 Å². The van der Waals surface area contributed by atoms with Gasteiger partial charge in [-0.25, -0.2) is 0 Å². The fourth-order valence-electron chi connectivity index (χ4n) is 2.68. The molecule has 128 valence electrons. The van der Waals surface area contributed by atoms with E-state index in [0.29, 0.717) is 29.9 Å². The summed E-state index contributed by atoms with van der Waals surface area (Å²) in [5.41, 5.74) is 3.11. The molecule has 0 aliphatic heterocycles. The van der Waals surface area contributed by atoms with Gasteiger partial charge in [0.1, 0.15) is 17.1 Å². The zero-order valence-corrected chi connectivity index (χ0v) is 15.2. The number of hydrogen-bond acceptors (Lipinski definition) is 3. The van der Waals surface area contributed by atoms with Crippen molar-refractivity contribution in [3.8, 4) is 11.5 Å². The number of benzene rings is 2. The van der Waals surface area contributed by atoms with Gasteiger partial charge in [-0.05, 0) is 35.1 Å². The lowest BCUT2D eigenvalue weighted by Gasteiger charge is -2.19. The van der Waals surface area contributed by atoms with Gasteiger partial charge >= 0.3 is 0 Å². The monoisotopic (exact) mass is 326 g/mol. The lowest BCUT2D eigenvalue weighted by molar-refractivity contribution is 0.0976. The Bertz CT molecular complexity index is 672. The zero-order chi connectivity index (χ0) is 17.7. The predicted octanol–water partition coefficient (Wildman–Crippen LogP) is 4.82. The third-order valence-electron chi connectivity index (χ3n) is 4.17. The smallest absolute Gasteiger partial charge is 0.170 e. The van der Waals surface area contributed by atoms with Crippen molar-refractivity contribution in [2.75, 3.05) is 14.2 Å². The highest BCUT2D eigenvalue weighted by Crippen LogP contribution is 2.30. The number of ketones is 1. The molecule has 0 saturated heterocycles. The molecule has 0 spiro atoms. The Labute approximate surface area is 144 Å². The van der Waals surface area contributed by atoms with Crippen LogP contribution < -0.4 is 9.47 Å². The first kappa shape index (κ1) is 18.1. The van der Waals surface area contributed by atoms with Gasteiger partial charge in [-0.15, -0.1) is 0 Å². The van der Waals surface area contributed by atoms with Crippen molar-refractivity contribution in [2.24, 2.45) is 0 Å². The van der Waals surface area contributed by atoms with E-state index in [9.17, 15) is 4.79 Å². The van der Waals surface area contributed by atoms with Crippen molar-refractivity contribution in [3.05, 3.63) is 59.2 Å². The average molecular weight is 326 g/mol. The Morgan fingerprint density at radius 3 is 1.92 bits per heavy atom. The molecular weight excluding hydrogens is 300 g/mol. The van der Waals surface area contributed by atoms with Crippen LogP contribution >= 0.6 is 0 Å². The molecular formula is C21H26O3. The summed E-state index contributed by atoms with van der Waals surface area (Å²) in [6.07, 6.45) is 1.12. The molecule has 0 aromatic heterocycles. The minimum absolute atomic E-state index is 0.0317. The predicted molar refractivity (Wildman–Crippen MR) is 97.3 cm³/mol. The van der Waals surface area contributed by atoms with Gasteiger partial charge in [-0.1, -0.05) is 51.1 Å². The van der Waals surface area contributed by atoms with E-state index in [4.69, 9.17) is 9.47 Å². The minimum Gasteiger partial charge on any atom is -0.496 e. The lowest BCUT2D eigenvalue weighted by atomic mass is 9.86. The van der Waals surface area contributed by atoms with Crippen LogP contribution in [0.4, 0.5) is 0 Å². The van der Waals surface area contributed by atoms with Crippen molar-refractivity contribution in [1.82, 2.24) is 0 Å². The zero-order valence-electron chi connectivity index (χ0n) is 15.2. The number of carbonyl (C=O) groups is 1. The second-order valence-corrected chi connectivity index (χ2v) is 6.91. The fourth-order valence-corrected chi connectivity index (χ4v) is 2.68. The van der Waals surface area contributed by atoms with E-state index in [-0.39, 0.29) is 11.2 Å². The van der Waals surface area contributed by atoms with Gasteiger partial charge in [0.05, 0.1) is 14.2 Å². The molecule has 3 heteroatoms. The third kappa shape index (κ3) is 4.16. The molecule has 0 N–H and O–H groups in total. The Balaban J connectivity index is 2.11. The summed E-state index contributed by atoms with van der Waals surface area (Å²) in [5, 5.41) is 0. The Hall–Kier alpha value is -2.29. The van der Waals surface area contributed by atoms with Gasteiger partial charge < -0.3 is 9.47 Å². The topological polar surface area (TPSA) is 35.5 Å². The molecule has 2 rings (SSSR count). The number of aryl methyl sites for hydroxylation is 1. The van der Waals surface area contributed by atoms with E-state index >= 15 is 0 Å². The Morgan fingerprint density at radius 2 is 1.46 bits per heavy atom. The maximum atomic E-state index is 12.6. The van der Waals surface area contributed by atoms with Gasteiger partial charge in [0.2, 0.25) is 0 Å². The molecule has 0 aliphatic rings. The van der Waals surface area contributed by atoms with E-state index < -0.39 is 0 Å². The number of methoxy groups -OCH3 is 2. The maximum absolute atomic E-state index is 12.6. The molecule has 0 saturated carbocycles. The normalized spacial score (nSPS) is 11.2. The molecule has 0 fully saturated rings. The summed E-state index contributed by atoms with van der Waals surface area (Å²) in [7, 11) is 3.13. The fraction of sp³-hybridized carbons (Fsp3) is 0.381.